The maximum atomic E-state index is 10.9. The molecule has 14 heavy (non-hydrogen) atoms. The standard InChI is InChI=1S/C7H13N3O3S/c1-2-13-4-3-10-6-7(5-9-10)14(8,11)12/h5-6H,2-4H2,1H3,(H2,8,11,12). The number of rotatable bonds is 5. The second-order valence-electron chi connectivity index (χ2n) is 2.68. The minimum atomic E-state index is -3.64. The second-order valence-corrected chi connectivity index (χ2v) is 4.24. The van der Waals surface area contributed by atoms with Crippen LogP contribution in [0.5, 0.6) is 0 Å². The van der Waals surface area contributed by atoms with E-state index in [2.05, 4.69) is 5.10 Å². The molecule has 0 spiro atoms. The lowest BCUT2D eigenvalue weighted by Crippen LogP contribution is -2.11. The highest BCUT2D eigenvalue weighted by Gasteiger charge is 2.09. The summed E-state index contributed by atoms with van der Waals surface area (Å²) in [7, 11) is -3.64. The van der Waals surface area contributed by atoms with Crippen LogP contribution in [0.2, 0.25) is 0 Å². The van der Waals surface area contributed by atoms with E-state index in [-0.39, 0.29) is 4.90 Å². The molecule has 0 saturated heterocycles. The number of hydrogen-bond donors (Lipinski definition) is 1. The molecule has 0 bridgehead atoms. The van der Waals surface area contributed by atoms with E-state index < -0.39 is 10.0 Å². The fourth-order valence-corrected chi connectivity index (χ4v) is 1.38. The second kappa shape index (κ2) is 4.54. The van der Waals surface area contributed by atoms with Gasteiger partial charge in [0.1, 0.15) is 4.90 Å². The third kappa shape index (κ3) is 3.09. The van der Waals surface area contributed by atoms with E-state index in [1.54, 1.807) is 0 Å². The zero-order valence-electron chi connectivity index (χ0n) is 7.88. The zero-order chi connectivity index (χ0) is 10.6. The quantitative estimate of drug-likeness (QED) is 0.680. The first-order valence-electron chi connectivity index (χ1n) is 4.17. The SMILES string of the molecule is CCOCCn1cc(S(N)(=O)=O)cn1. The van der Waals surface area contributed by atoms with Crippen molar-refractivity contribution in [3.05, 3.63) is 12.4 Å². The highest BCUT2D eigenvalue weighted by molar-refractivity contribution is 7.89. The number of hydrogen-bond acceptors (Lipinski definition) is 4. The highest BCUT2D eigenvalue weighted by Crippen LogP contribution is 2.03. The molecule has 1 heterocycles. The molecule has 0 atom stereocenters. The van der Waals surface area contributed by atoms with E-state index in [4.69, 9.17) is 9.88 Å². The van der Waals surface area contributed by atoms with Crippen LogP contribution in [0.3, 0.4) is 0 Å². The fourth-order valence-electron chi connectivity index (χ4n) is 0.916. The van der Waals surface area contributed by atoms with Gasteiger partial charge in [-0.2, -0.15) is 5.10 Å². The number of nitrogens with two attached hydrogens (primary N) is 1. The van der Waals surface area contributed by atoms with Gasteiger partial charge < -0.3 is 4.74 Å². The van der Waals surface area contributed by atoms with Crippen molar-refractivity contribution in [2.75, 3.05) is 13.2 Å². The summed E-state index contributed by atoms with van der Waals surface area (Å²) in [5.74, 6) is 0. The van der Waals surface area contributed by atoms with Crippen molar-refractivity contribution in [2.45, 2.75) is 18.4 Å². The average Bonchev–Trinajstić information content (AvgIpc) is 2.52. The van der Waals surface area contributed by atoms with Crippen molar-refractivity contribution in [2.24, 2.45) is 5.14 Å². The summed E-state index contributed by atoms with van der Waals surface area (Å²) >= 11 is 0. The molecule has 0 amide bonds. The lowest BCUT2D eigenvalue weighted by molar-refractivity contribution is 0.136. The molecule has 2 N–H and O–H groups in total. The largest absolute Gasteiger partial charge is 0.380 e. The van der Waals surface area contributed by atoms with Gasteiger partial charge in [0.25, 0.3) is 0 Å². The Labute approximate surface area is 82.7 Å². The first-order valence-corrected chi connectivity index (χ1v) is 5.71. The molecule has 0 saturated carbocycles. The third-order valence-electron chi connectivity index (χ3n) is 1.61. The molecule has 0 unspecified atom stereocenters. The van der Waals surface area contributed by atoms with E-state index in [1.165, 1.54) is 17.1 Å². The minimum absolute atomic E-state index is 0.0222. The normalized spacial score (nSPS) is 11.9. The Morgan fingerprint density at radius 3 is 2.86 bits per heavy atom. The average molecular weight is 219 g/mol. The molecule has 7 heteroatoms. The lowest BCUT2D eigenvalue weighted by Gasteiger charge is -2.00. The van der Waals surface area contributed by atoms with Crippen molar-refractivity contribution in [1.29, 1.82) is 0 Å². The Kier molecular flexibility index (Phi) is 3.62. The van der Waals surface area contributed by atoms with Crippen LogP contribution in [0.4, 0.5) is 0 Å². The van der Waals surface area contributed by atoms with Gasteiger partial charge in [-0.3, -0.25) is 4.68 Å². The van der Waals surface area contributed by atoms with E-state index in [0.29, 0.717) is 19.8 Å². The fraction of sp³-hybridized carbons (Fsp3) is 0.571. The molecule has 1 aromatic heterocycles. The molecule has 0 fully saturated rings. The van der Waals surface area contributed by atoms with Gasteiger partial charge in [0.2, 0.25) is 10.0 Å². The van der Waals surface area contributed by atoms with Gasteiger partial charge in [-0.25, -0.2) is 13.6 Å². The summed E-state index contributed by atoms with van der Waals surface area (Å²) in [6.07, 6.45) is 2.61. The van der Waals surface area contributed by atoms with Crippen molar-refractivity contribution >= 4 is 10.0 Å². The molecular weight excluding hydrogens is 206 g/mol. The minimum Gasteiger partial charge on any atom is -0.380 e. The van der Waals surface area contributed by atoms with Crippen LogP contribution in [0.1, 0.15) is 6.92 Å². The predicted molar refractivity (Wildman–Crippen MR) is 50.1 cm³/mol. The topological polar surface area (TPSA) is 87.2 Å². The Morgan fingerprint density at radius 2 is 2.36 bits per heavy atom. The third-order valence-corrected chi connectivity index (χ3v) is 2.47. The van der Waals surface area contributed by atoms with Crippen molar-refractivity contribution in [1.82, 2.24) is 9.78 Å². The summed E-state index contributed by atoms with van der Waals surface area (Å²) in [5.41, 5.74) is 0. The molecule has 1 aromatic rings. The first-order chi connectivity index (χ1) is 6.54. The molecule has 6 nitrogen and oxygen atoms in total. The van der Waals surface area contributed by atoms with Crippen LogP contribution in [-0.4, -0.2) is 31.4 Å². The molecule has 0 radical (unpaired) electrons. The maximum absolute atomic E-state index is 10.9. The van der Waals surface area contributed by atoms with E-state index >= 15 is 0 Å². The summed E-state index contributed by atoms with van der Waals surface area (Å²) in [5, 5.41) is 8.74. The highest BCUT2D eigenvalue weighted by atomic mass is 32.2. The number of aromatic nitrogens is 2. The maximum Gasteiger partial charge on any atom is 0.241 e. The van der Waals surface area contributed by atoms with Gasteiger partial charge >= 0.3 is 0 Å². The summed E-state index contributed by atoms with van der Waals surface area (Å²) in [6, 6.07) is 0. The summed E-state index contributed by atoms with van der Waals surface area (Å²) in [6.45, 7) is 3.54. The summed E-state index contributed by atoms with van der Waals surface area (Å²) < 4.78 is 28.3. The van der Waals surface area contributed by atoms with Gasteiger partial charge in [0, 0.05) is 12.8 Å². The molecule has 0 aliphatic carbocycles. The van der Waals surface area contributed by atoms with Gasteiger partial charge in [0.05, 0.1) is 19.3 Å². The molecule has 80 valence electrons. The molecular formula is C7H13N3O3S. The van der Waals surface area contributed by atoms with Crippen LogP contribution in [0.25, 0.3) is 0 Å². The van der Waals surface area contributed by atoms with Crippen LogP contribution < -0.4 is 5.14 Å². The Bertz CT molecular complexity index is 385. The van der Waals surface area contributed by atoms with Crippen LogP contribution in [0, 0.1) is 0 Å². The van der Waals surface area contributed by atoms with E-state index in [1.807, 2.05) is 6.92 Å². The van der Waals surface area contributed by atoms with Crippen molar-refractivity contribution < 1.29 is 13.2 Å². The number of sulfonamides is 1. The van der Waals surface area contributed by atoms with Gasteiger partial charge in [0.15, 0.2) is 0 Å². The number of ether oxygens (including phenoxy) is 1. The molecule has 0 aliphatic heterocycles. The number of primary sulfonamides is 1. The van der Waals surface area contributed by atoms with Crippen LogP contribution in [-0.2, 0) is 21.3 Å². The predicted octanol–water partition coefficient (Wildman–Crippen LogP) is -0.433. The molecule has 0 aliphatic rings. The van der Waals surface area contributed by atoms with Crippen molar-refractivity contribution in [3.8, 4) is 0 Å². The monoisotopic (exact) mass is 219 g/mol. The Hall–Kier alpha value is -0.920. The zero-order valence-corrected chi connectivity index (χ0v) is 8.70. The van der Waals surface area contributed by atoms with Gasteiger partial charge in [-0.15, -0.1) is 0 Å². The summed E-state index contributed by atoms with van der Waals surface area (Å²) in [4.78, 5) is 0.0222. The first kappa shape index (κ1) is 11.2. The smallest absolute Gasteiger partial charge is 0.241 e. The van der Waals surface area contributed by atoms with E-state index in [9.17, 15) is 8.42 Å². The van der Waals surface area contributed by atoms with Gasteiger partial charge in [-0.1, -0.05) is 0 Å². The van der Waals surface area contributed by atoms with Crippen LogP contribution in [0.15, 0.2) is 17.3 Å². The van der Waals surface area contributed by atoms with Crippen LogP contribution >= 0.6 is 0 Å². The Morgan fingerprint density at radius 1 is 1.64 bits per heavy atom. The Balaban J connectivity index is 2.60. The number of nitrogens with zero attached hydrogens (tertiary/aromatic N) is 2. The van der Waals surface area contributed by atoms with Crippen molar-refractivity contribution in [3.63, 3.8) is 0 Å². The molecule has 1 rings (SSSR count). The van der Waals surface area contributed by atoms with Gasteiger partial charge in [-0.05, 0) is 6.92 Å². The molecule has 0 aromatic carbocycles. The van der Waals surface area contributed by atoms with E-state index in [0.717, 1.165) is 0 Å². The lowest BCUT2D eigenvalue weighted by atomic mass is 10.6.